The quantitative estimate of drug-likeness (QED) is 0.523. The van der Waals surface area contributed by atoms with E-state index in [9.17, 15) is 22.0 Å². The zero-order valence-corrected chi connectivity index (χ0v) is 18.0. The Kier molecular flexibility index (Phi) is 6.96. The summed E-state index contributed by atoms with van der Waals surface area (Å²) in [7, 11) is -4.04. The second-order valence-corrected chi connectivity index (χ2v) is 9.24. The highest BCUT2D eigenvalue weighted by Gasteiger charge is 2.27. The van der Waals surface area contributed by atoms with Crippen LogP contribution in [0.25, 0.3) is 0 Å². The molecular weight excluding hydrogens is 478 g/mol. The second kappa shape index (κ2) is 9.46. The maximum atomic E-state index is 13.8. The van der Waals surface area contributed by atoms with Crippen LogP contribution < -0.4 is 5.32 Å². The Morgan fingerprint density at radius 3 is 2.30 bits per heavy atom. The van der Waals surface area contributed by atoms with Gasteiger partial charge in [-0.2, -0.15) is 4.31 Å². The smallest absolute Gasteiger partial charge is 0.243 e. The summed E-state index contributed by atoms with van der Waals surface area (Å²) < 4.78 is 55.2. The SMILES string of the molecule is O=C(CN(Cc1ccccc1)S(=O)(=O)c1ccc(Br)cc1)Nc1cc(F)ccc1F. The van der Waals surface area contributed by atoms with E-state index in [4.69, 9.17) is 0 Å². The molecule has 0 aliphatic carbocycles. The Morgan fingerprint density at radius 2 is 1.63 bits per heavy atom. The molecule has 0 aromatic heterocycles. The van der Waals surface area contributed by atoms with Crippen LogP contribution in [-0.4, -0.2) is 25.2 Å². The number of rotatable bonds is 7. The highest BCUT2D eigenvalue weighted by Crippen LogP contribution is 2.21. The third-order valence-corrected chi connectivity index (χ3v) is 6.51. The molecule has 3 aromatic carbocycles. The number of hydrogen-bond donors (Lipinski definition) is 1. The first-order valence-electron chi connectivity index (χ1n) is 8.80. The van der Waals surface area contributed by atoms with Gasteiger partial charge in [-0.1, -0.05) is 46.3 Å². The lowest BCUT2D eigenvalue weighted by atomic mass is 10.2. The lowest BCUT2D eigenvalue weighted by Crippen LogP contribution is -2.37. The Bertz CT molecular complexity index is 1140. The van der Waals surface area contributed by atoms with E-state index in [1.807, 2.05) is 0 Å². The zero-order valence-electron chi connectivity index (χ0n) is 15.6. The second-order valence-electron chi connectivity index (χ2n) is 6.38. The maximum absolute atomic E-state index is 13.8. The highest BCUT2D eigenvalue weighted by molar-refractivity contribution is 9.10. The van der Waals surface area contributed by atoms with Crippen LogP contribution in [0.1, 0.15) is 5.56 Å². The summed E-state index contributed by atoms with van der Waals surface area (Å²) in [4.78, 5) is 12.5. The lowest BCUT2D eigenvalue weighted by Gasteiger charge is -2.22. The number of benzene rings is 3. The first-order valence-corrected chi connectivity index (χ1v) is 11.0. The fourth-order valence-corrected chi connectivity index (χ4v) is 4.36. The number of carbonyl (C=O) groups excluding carboxylic acids is 1. The molecule has 1 N–H and O–H groups in total. The molecule has 5 nitrogen and oxygen atoms in total. The van der Waals surface area contributed by atoms with Crippen LogP contribution in [0.2, 0.25) is 0 Å². The van der Waals surface area contributed by atoms with Crippen LogP contribution in [0.3, 0.4) is 0 Å². The van der Waals surface area contributed by atoms with Gasteiger partial charge in [0.2, 0.25) is 15.9 Å². The van der Waals surface area contributed by atoms with Crippen LogP contribution in [0.15, 0.2) is 82.2 Å². The topological polar surface area (TPSA) is 66.5 Å². The molecule has 0 radical (unpaired) electrons. The number of halogens is 3. The molecule has 0 saturated heterocycles. The van der Waals surface area contributed by atoms with Gasteiger partial charge in [-0.15, -0.1) is 0 Å². The zero-order chi connectivity index (χ0) is 21.7. The van der Waals surface area contributed by atoms with Crippen molar-refractivity contribution in [1.82, 2.24) is 4.31 Å². The van der Waals surface area contributed by atoms with Crippen LogP contribution in [-0.2, 0) is 21.4 Å². The Morgan fingerprint density at radius 1 is 0.967 bits per heavy atom. The van der Waals surface area contributed by atoms with Gasteiger partial charge in [0, 0.05) is 17.1 Å². The molecule has 30 heavy (non-hydrogen) atoms. The maximum Gasteiger partial charge on any atom is 0.243 e. The van der Waals surface area contributed by atoms with Gasteiger partial charge < -0.3 is 5.32 Å². The third kappa shape index (κ3) is 5.50. The molecular formula is C21H17BrF2N2O3S. The summed E-state index contributed by atoms with van der Waals surface area (Å²) in [5.41, 5.74) is 0.309. The molecule has 0 aliphatic heterocycles. The molecule has 0 bridgehead atoms. The highest BCUT2D eigenvalue weighted by atomic mass is 79.9. The molecule has 0 unspecified atom stereocenters. The number of sulfonamides is 1. The monoisotopic (exact) mass is 494 g/mol. The number of amides is 1. The summed E-state index contributed by atoms with van der Waals surface area (Å²) in [5, 5.41) is 2.23. The van der Waals surface area contributed by atoms with Gasteiger partial charge in [0.25, 0.3) is 0 Å². The Labute approximate surface area is 181 Å². The van der Waals surface area contributed by atoms with E-state index in [0.29, 0.717) is 10.0 Å². The first-order chi connectivity index (χ1) is 14.3. The van der Waals surface area contributed by atoms with Gasteiger partial charge in [-0.25, -0.2) is 17.2 Å². The number of nitrogens with one attached hydrogen (secondary N) is 1. The summed E-state index contributed by atoms with van der Waals surface area (Å²) >= 11 is 3.25. The fraction of sp³-hybridized carbons (Fsp3) is 0.0952. The van der Waals surface area contributed by atoms with Crippen molar-refractivity contribution in [2.24, 2.45) is 0 Å². The van der Waals surface area contributed by atoms with Gasteiger partial charge in [0.1, 0.15) is 11.6 Å². The average molecular weight is 495 g/mol. The van der Waals surface area contributed by atoms with Crippen LogP contribution >= 0.6 is 15.9 Å². The van der Waals surface area contributed by atoms with Gasteiger partial charge in [-0.3, -0.25) is 4.79 Å². The number of nitrogens with zero attached hydrogens (tertiary/aromatic N) is 1. The molecule has 1 amide bonds. The largest absolute Gasteiger partial charge is 0.322 e. The summed E-state index contributed by atoms with van der Waals surface area (Å²) in [6.45, 7) is -0.651. The van der Waals surface area contributed by atoms with Gasteiger partial charge in [0.05, 0.1) is 17.1 Å². The van der Waals surface area contributed by atoms with Crippen molar-refractivity contribution in [3.63, 3.8) is 0 Å². The Balaban J connectivity index is 1.88. The van der Waals surface area contributed by atoms with Crippen LogP contribution in [0, 0.1) is 11.6 Å². The van der Waals surface area contributed by atoms with Crippen LogP contribution in [0.5, 0.6) is 0 Å². The predicted molar refractivity (Wildman–Crippen MR) is 113 cm³/mol. The van der Waals surface area contributed by atoms with Crippen molar-refractivity contribution in [2.45, 2.75) is 11.4 Å². The minimum absolute atomic E-state index is 0.00590. The molecule has 0 atom stereocenters. The van der Waals surface area contributed by atoms with Crippen molar-refractivity contribution < 1.29 is 22.0 Å². The molecule has 0 saturated carbocycles. The number of hydrogen-bond acceptors (Lipinski definition) is 3. The molecule has 0 fully saturated rings. The van der Waals surface area contributed by atoms with Crippen molar-refractivity contribution in [2.75, 3.05) is 11.9 Å². The Hall–Kier alpha value is -2.62. The molecule has 3 aromatic rings. The van der Waals surface area contributed by atoms with Gasteiger partial charge >= 0.3 is 0 Å². The van der Waals surface area contributed by atoms with Crippen LogP contribution in [0.4, 0.5) is 14.5 Å². The predicted octanol–water partition coefficient (Wildman–Crippen LogP) is 4.56. The molecule has 9 heteroatoms. The normalized spacial score (nSPS) is 11.5. The van der Waals surface area contributed by atoms with E-state index < -0.39 is 34.1 Å². The van der Waals surface area contributed by atoms with Crippen molar-refractivity contribution in [3.05, 3.63) is 94.5 Å². The summed E-state index contributed by atoms with van der Waals surface area (Å²) in [6, 6.07) is 17.4. The molecule has 3 rings (SSSR count). The minimum atomic E-state index is -4.04. The van der Waals surface area contributed by atoms with E-state index in [-0.39, 0.29) is 17.1 Å². The molecule has 156 valence electrons. The average Bonchev–Trinajstić information content (AvgIpc) is 2.71. The summed E-state index contributed by atoms with van der Waals surface area (Å²) in [6.07, 6.45) is 0. The van der Waals surface area contributed by atoms with E-state index >= 15 is 0 Å². The summed E-state index contributed by atoms with van der Waals surface area (Å²) in [5.74, 6) is -2.35. The molecule has 0 heterocycles. The third-order valence-electron chi connectivity index (χ3n) is 4.18. The minimum Gasteiger partial charge on any atom is -0.322 e. The fourth-order valence-electron chi connectivity index (χ4n) is 2.71. The van der Waals surface area contributed by atoms with E-state index in [1.165, 1.54) is 12.1 Å². The lowest BCUT2D eigenvalue weighted by molar-refractivity contribution is -0.116. The van der Waals surface area contributed by atoms with Crippen molar-refractivity contribution >= 4 is 37.5 Å². The van der Waals surface area contributed by atoms with E-state index in [1.54, 1.807) is 42.5 Å². The van der Waals surface area contributed by atoms with Gasteiger partial charge in [0.15, 0.2) is 0 Å². The van der Waals surface area contributed by atoms with Crippen molar-refractivity contribution in [1.29, 1.82) is 0 Å². The van der Waals surface area contributed by atoms with E-state index in [2.05, 4.69) is 21.2 Å². The van der Waals surface area contributed by atoms with Gasteiger partial charge in [-0.05, 0) is 42.0 Å². The number of carbonyl (C=O) groups is 1. The number of anilines is 1. The van der Waals surface area contributed by atoms with Crippen molar-refractivity contribution in [3.8, 4) is 0 Å². The standard InChI is InChI=1S/C21H17BrF2N2O3S/c22-16-6-9-18(10-7-16)30(28,29)26(13-15-4-2-1-3-5-15)14-21(27)25-20-12-17(23)8-11-19(20)24/h1-12H,13-14H2,(H,25,27). The molecule has 0 aliphatic rings. The first kappa shape index (κ1) is 22.1. The molecule has 0 spiro atoms. The van der Waals surface area contributed by atoms with E-state index in [0.717, 1.165) is 22.5 Å².